The van der Waals surface area contributed by atoms with Crippen LogP contribution < -0.4 is 10.2 Å². The highest BCUT2D eigenvalue weighted by Crippen LogP contribution is 2.30. The van der Waals surface area contributed by atoms with Crippen LogP contribution in [0.2, 0.25) is 0 Å². The SMILES string of the molecule is Cn1nccc1[C@H]1OCC[C@@H]1NC(=O)[C@H]1CCN(c2ccc(F)c(F)c2)C1=O. The Bertz CT molecular complexity index is 916. The van der Waals surface area contributed by atoms with Gasteiger partial charge in [-0.25, -0.2) is 8.78 Å². The number of nitrogens with one attached hydrogen (secondary N) is 1. The van der Waals surface area contributed by atoms with Gasteiger partial charge >= 0.3 is 0 Å². The Labute approximate surface area is 160 Å². The number of amides is 2. The fraction of sp³-hybridized carbons (Fsp3) is 0.421. The van der Waals surface area contributed by atoms with Crippen molar-refractivity contribution in [2.45, 2.75) is 25.0 Å². The van der Waals surface area contributed by atoms with Gasteiger partial charge in [-0.15, -0.1) is 0 Å². The zero-order chi connectivity index (χ0) is 19.8. The minimum Gasteiger partial charge on any atom is -0.370 e. The van der Waals surface area contributed by atoms with Crippen molar-refractivity contribution in [2.75, 3.05) is 18.1 Å². The topological polar surface area (TPSA) is 76.5 Å². The van der Waals surface area contributed by atoms with Crippen LogP contribution in [0.25, 0.3) is 0 Å². The minimum atomic E-state index is -1.03. The van der Waals surface area contributed by atoms with E-state index in [0.29, 0.717) is 19.4 Å². The summed E-state index contributed by atoms with van der Waals surface area (Å²) in [6.45, 7) is 0.773. The molecule has 0 bridgehead atoms. The van der Waals surface area contributed by atoms with E-state index in [-0.39, 0.29) is 30.3 Å². The molecule has 2 saturated heterocycles. The Morgan fingerprint density at radius 1 is 1.25 bits per heavy atom. The Kier molecular flexibility index (Phi) is 4.84. The molecule has 0 aliphatic carbocycles. The van der Waals surface area contributed by atoms with E-state index >= 15 is 0 Å². The van der Waals surface area contributed by atoms with E-state index in [1.54, 1.807) is 17.9 Å². The molecule has 0 saturated carbocycles. The van der Waals surface area contributed by atoms with Crippen molar-refractivity contribution < 1.29 is 23.1 Å². The lowest BCUT2D eigenvalue weighted by molar-refractivity contribution is -0.132. The lowest BCUT2D eigenvalue weighted by Gasteiger charge is -2.22. The van der Waals surface area contributed by atoms with Crippen molar-refractivity contribution in [3.05, 3.63) is 47.8 Å². The molecule has 1 aromatic carbocycles. The number of halogens is 2. The Morgan fingerprint density at radius 2 is 2.07 bits per heavy atom. The van der Waals surface area contributed by atoms with E-state index in [4.69, 9.17) is 4.74 Å². The summed E-state index contributed by atoms with van der Waals surface area (Å²) >= 11 is 0. The molecule has 4 rings (SSSR count). The third-order valence-corrected chi connectivity index (χ3v) is 5.31. The predicted molar refractivity (Wildman–Crippen MR) is 95.3 cm³/mol. The molecule has 2 aromatic rings. The summed E-state index contributed by atoms with van der Waals surface area (Å²) in [7, 11) is 1.80. The molecule has 2 aliphatic rings. The first-order chi connectivity index (χ1) is 13.5. The van der Waals surface area contributed by atoms with Gasteiger partial charge < -0.3 is 15.0 Å². The molecule has 0 unspecified atom stereocenters. The maximum Gasteiger partial charge on any atom is 0.239 e. The summed E-state index contributed by atoms with van der Waals surface area (Å²) in [5.74, 6) is -3.66. The zero-order valence-corrected chi connectivity index (χ0v) is 15.3. The average molecular weight is 390 g/mol. The van der Waals surface area contributed by atoms with Gasteiger partial charge in [-0.1, -0.05) is 0 Å². The third kappa shape index (κ3) is 3.26. The van der Waals surface area contributed by atoms with E-state index in [0.717, 1.165) is 17.8 Å². The molecule has 1 N–H and O–H groups in total. The first-order valence-electron chi connectivity index (χ1n) is 9.12. The molecule has 3 atom stereocenters. The summed E-state index contributed by atoms with van der Waals surface area (Å²) in [6, 6.07) is 4.85. The van der Waals surface area contributed by atoms with Crippen LogP contribution in [-0.4, -0.2) is 40.8 Å². The molecule has 9 heteroatoms. The van der Waals surface area contributed by atoms with Gasteiger partial charge in [0.1, 0.15) is 12.0 Å². The molecular formula is C19H20F2N4O3. The van der Waals surface area contributed by atoms with E-state index in [2.05, 4.69) is 10.4 Å². The molecule has 2 fully saturated rings. The van der Waals surface area contributed by atoms with Gasteiger partial charge in [-0.3, -0.25) is 14.3 Å². The number of aryl methyl sites for hydroxylation is 1. The van der Waals surface area contributed by atoms with Crippen LogP contribution in [0.15, 0.2) is 30.5 Å². The van der Waals surface area contributed by atoms with Gasteiger partial charge in [0.15, 0.2) is 11.6 Å². The van der Waals surface area contributed by atoms with Crippen LogP contribution in [0.3, 0.4) is 0 Å². The second-order valence-electron chi connectivity index (χ2n) is 7.00. The Morgan fingerprint density at radius 3 is 2.79 bits per heavy atom. The second-order valence-corrected chi connectivity index (χ2v) is 7.00. The fourth-order valence-corrected chi connectivity index (χ4v) is 3.81. The minimum absolute atomic E-state index is 0.246. The normalized spacial score (nSPS) is 24.8. The molecule has 0 radical (unpaired) electrons. The number of benzene rings is 1. The number of nitrogens with zero attached hydrogens (tertiary/aromatic N) is 3. The highest BCUT2D eigenvalue weighted by molar-refractivity contribution is 6.09. The van der Waals surface area contributed by atoms with Gasteiger partial charge in [0.2, 0.25) is 11.8 Å². The summed E-state index contributed by atoms with van der Waals surface area (Å²) in [5, 5.41) is 7.05. The standard InChI is InChI=1S/C19H20F2N4O3/c1-24-16(4-7-22-24)17-15(6-9-28-17)23-18(26)12-5-8-25(19(12)27)11-2-3-13(20)14(21)10-11/h2-4,7,10,12,15,17H,5-6,8-9H2,1H3,(H,23,26)/t12-,15+,17+/m1/s1. The molecule has 0 spiro atoms. The van der Waals surface area contributed by atoms with E-state index in [1.165, 1.54) is 11.0 Å². The van der Waals surface area contributed by atoms with Crippen molar-refractivity contribution in [3.8, 4) is 0 Å². The van der Waals surface area contributed by atoms with E-state index < -0.39 is 23.5 Å². The number of anilines is 1. The van der Waals surface area contributed by atoms with Gasteiger partial charge in [0.25, 0.3) is 0 Å². The molecule has 1 aromatic heterocycles. The molecule has 7 nitrogen and oxygen atoms in total. The van der Waals surface area contributed by atoms with E-state index in [9.17, 15) is 18.4 Å². The average Bonchev–Trinajstić information content (AvgIpc) is 3.37. The van der Waals surface area contributed by atoms with E-state index in [1.807, 2.05) is 6.07 Å². The Balaban J connectivity index is 1.44. The van der Waals surface area contributed by atoms with Gasteiger partial charge in [-0.2, -0.15) is 5.10 Å². The summed E-state index contributed by atoms with van der Waals surface area (Å²) in [5.41, 5.74) is 1.10. The number of carbonyl (C=O) groups is 2. The smallest absolute Gasteiger partial charge is 0.239 e. The summed E-state index contributed by atoms with van der Waals surface area (Å²) in [6.07, 6.45) is 2.29. The first kappa shape index (κ1) is 18.5. The van der Waals surface area contributed by atoms with Crippen LogP contribution >= 0.6 is 0 Å². The molecule has 2 amide bonds. The summed E-state index contributed by atoms with van der Waals surface area (Å²) < 4.78 is 34.1. The van der Waals surface area contributed by atoms with Gasteiger partial charge in [0, 0.05) is 38.1 Å². The van der Waals surface area contributed by atoms with Crippen molar-refractivity contribution in [1.29, 1.82) is 0 Å². The third-order valence-electron chi connectivity index (χ3n) is 5.31. The van der Waals surface area contributed by atoms with Crippen molar-refractivity contribution in [2.24, 2.45) is 13.0 Å². The molecular weight excluding hydrogens is 370 g/mol. The second kappa shape index (κ2) is 7.31. The van der Waals surface area contributed by atoms with Crippen molar-refractivity contribution >= 4 is 17.5 Å². The maximum absolute atomic E-state index is 13.5. The van der Waals surface area contributed by atoms with Gasteiger partial charge in [-0.05, 0) is 31.0 Å². The number of rotatable bonds is 4. The lowest BCUT2D eigenvalue weighted by atomic mass is 10.0. The van der Waals surface area contributed by atoms with Crippen LogP contribution in [0, 0.1) is 17.6 Å². The zero-order valence-electron chi connectivity index (χ0n) is 15.3. The highest BCUT2D eigenvalue weighted by Gasteiger charge is 2.40. The van der Waals surface area contributed by atoms with Crippen LogP contribution in [-0.2, 0) is 21.4 Å². The lowest BCUT2D eigenvalue weighted by Crippen LogP contribution is -2.43. The summed E-state index contributed by atoms with van der Waals surface area (Å²) in [4.78, 5) is 26.7. The maximum atomic E-state index is 13.5. The first-order valence-corrected chi connectivity index (χ1v) is 9.12. The molecule has 148 valence electrons. The van der Waals surface area contributed by atoms with Crippen LogP contribution in [0.1, 0.15) is 24.6 Å². The quantitative estimate of drug-likeness (QED) is 0.807. The number of hydrogen-bond acceptors (Lipinski definition) is 4. The van der Waals surface area contributed by atoms with Crippen LogP contribution in [0.4, 0.5) is 14.5 Å². The molecule has 2 aliphatic heterocycles. The fourth-order valence-electron chi connectivity index (χ4n) is 3.81. The van der Waals surface area contributed by atoms with Gasteiger partial charge in [0.05, 0.1) is 11.7 Å². The molecule has 28 heavy (non-hydrogen) atoms. The highest BCUT2D eigenvalue weighted by atomic mass is 19.2. The predicted octanol–water partition coefficient (Wildman–Crippen LogP) is 1.70. The largest absolute Gasteiger partial charge is 0.370 e. The number of hydrogen-bond donors (Lipinski definition) is 1. The molecule has 3 heterocycles. The monoisotopic (exact) mass is 390 g/mol. The number of aromatic nitrogens is 2. The van der Waals surface area contributed by atoms with Crippen molar-refractivity contribution in [3.63, 3.8) is 0 Å². The number of carbonyl (C=O) groups excluding carboxylic acids is 2. The Hall–Kier alpha value is -2.81. The number of ether oxygens (including phenoxy) is 1. The van der Waals surface area contributed by atoms with Crippen LogP contribution in [0.5, 0.6) is 0 Å². The van der Waals surface area contributed by atoms with Crippen molar-refractivity contribution in [1.82, 2.24) is 15.1 Å².